The van der Waals surface area contributed by atoms with E-state index < -0.39 is 0 Å². The molecule has 0 aromatic heterocycles. The van der Waals surface area contributed by atoms with Gasteiger partial charge >= 0.3 is 5.97 Å². The van der Waals surface area contributed by atoms with E-state index in [1.165, 1.54) is 0 Å². The van der Waals surface area contributed by atoms with E-state index in [9.17, 15) is 4.79 Å². The Morgan fingerprint density at radius 1 is 1.47 bits per heavy atom. The van der Waals surface area contributed by atoms with Crippen LogP contribution in [0.1, 0.15) is 34.8 Å². The number of rotatable bonds is 5. The van der Waals surface area contributed by atoms with Crippen molar-refractivity contribution in [2.24, 2.45) is 0 Å². The molecule has 0 fully saturated rings. The Kier molecular flexibility index (Phi) is 5.71. The maximum atomic E-state index is 11.9. The highest BCUT2D eigenvalue weighted by Gasteiger charge is 2.16. The minimum Gasteiger partial charge on any atom is -0.462 e. The summed E-state index contributed by atoms with van der Waals surface area (Å²) in [6.07, 6.45) is 0.976. The summed E-state index contributed by atoms with van der Waals surface area (Å²) in [7, 11) is 0. The lowest BCUT2D eigenvalue weighted by Crippen LogP contribution is -2.11. The minimum absolute atomic E-state index is 0.310. The molecule has 0 aliphatic heterocycles. The number of alkyl halides is 1. The summed E-state index contributed by atoms with van der Waals surface area (Å²) in [5, 5.41) is 9.21. The molecule has 0 amide bonds. The molecule has 0 saturated carbocycles. The van der Waals surface area contributed by atoms with Crippen molar-refractivity contribution in [1.82, 2.24) is 0 Å². The van der Waals surface area contributed by atoms with Crippen LogP contribution in [0.2, 0.25) is 0 Å². The Hall–Kier alpha value is -1.34. The second-order valence-corrected chi connectivity index (χ2v) is 4.02. The van der Waals surface area contributed by atoms with Crippen molar-refractivity contribution in [3.8, 4) is 6.07 Å². The highest BCUT2D eigenvalue weighted by molar-refractivity contribution is 9.08. The second kappa shape index (κ2) is 7.08. The van der Waals surface area contributed by atoms with Gasteiger partial charge in [-0.3, -0.25) is 0 Å². The summed E-state index contributed by atoms with van der Waals surface area (Å²) in [5.41, 5.74) is 2.38. The van der Waals surface area contributed by atoms with Crippen LogP contribution in [-0.4, -0.2) is 12.6 Å². The van der Waals surface area contributed by atoms with Gasteiger partial charge in [0.1, 0.15) is 0 Å². The monoisotopic (exact) mass is 295 g/mol. The van der Waals surface area contributed by atoms with Crippen LogP contribution < -0.4 is 0 Å². The molecule has 17 heavy (non-hydrogen) atoms. The molecule has 0 saturated heterocycles. The van der Waals surface area contributed by atoms with Crippen LogP contribution in [0.25, 0.3) is 0 Å². The van der Waals surface area contributed by atoms with E-state index in [0.29, 0.717) is 30.3 Å². The number of nitriles is 1. The molecule has 1 aromatic carbocycles. The van der Waals surface area contributed by atoms with Gasteiger partial charge in [0.2, 0.25) is 0 Å². The fourth-order valence-electron chi connectivity index (χ4n) is 1.63. The SMILES string of the molecule is CCOC(=O)c1c(CBr)cccc1CCC#N. The van der Waals surface area contributed by atoms with Crippen LogP contribution in [0, 0.1) is 11.3 Å². The lowest BCUT2D eigenvalue weighted by Gasteiger charge is -2.11. The Morgan fingerprint density at radius 3 is 2.76 bits per heavy atom. The van der Waals surface area contributed by atoms with E-state index in [2.05, 4.69) is 22.0 Å². The number of halogens is 1. The van der Waals surface area contributed by atoms with Gasteiger partial charge in [-0.1, -0.05) is 34.1 Å². The number of hydrogen-bond acceptors (Lipinski definition) is 3. The average Bonchev–Trinajstić information content (AvgIpc) is 2.35. The van der Waals surface area contributed by atoms with Gasteiger partial charge in [-0.2, -0.15) is 5.26 Å². The zero-order valence-electron chi connectivity index (χ0n) is 9.70. The topological polar surface area (TPSA) is 50.1 Å². The first-order valence-electron chi connectivity index (χ1n) is 5.45. The maximum absolute atomic E-state index is 11.9. The van der Waals surface area contributed by atoms with Crippen LogP contribution in [0.5, 0.6) is 0 Å². The van der Waals surface area contributed by atoms with Crippen molar-refractivity contribution >= 4 is 21.9 Å². The highest BCUT2D eigenvalue weighted by atomic mass is 79.9. The molecular formula is C13H14BrNO2. The molecule has 0 N–H and O–H groups in total. The fourth-order valence-corrected chi connectivity index (χ4v) is 2.10. The van der Waals surface area contributed by atoms with Gasteiger partial charge in [0.15, 0.2) is 0 Å². The Bertz CT molecular complexity index is 438. The largest absolute Gasteiger partial charge is 0.462 e. The smallest absolute Gasteiger partial charge is 0.338 e. The first-order valence-corrected chi connectivity index (χ1v) is 6.57. The summed E-state index contributed by atoms with van der Waals surface area (Å²) in [4.78, 5) is 11.9. The van der Waals surface area contributed by atoms with Crippen molar-refractivity contribution < 1.29 is 9.53 Å². The lowest BCUT2D eigenvalue weighted by molar-refractivity contribution is 0.0524. The molecule has 1 rings (SSSR count). The minimum atomic E-state index is -0.310. The number of nitrogens with zero attached hydrogens (tertiary/aromatic N) is 1. The summed E-state index contributed by atoms with van der Waals surface area (Å²) in [6, 6.07) is 7.74. The molecule has 0 radical (unpaired) electrons. The number of aryl methyl sites for hydroxylation is 1. The van der Waals surface area contributed by atoms with Gasteiger partial charge in [0, 0.05) is 11.8 Å². The first-order chi connectivity index (χ1) is 8.24. The molecule has 0 unspecified atom stereocenters. The Labute approximate surface area is 110 Å². The van der Waals surface area contributed by atoms with Crippen LogP contribution in [0.15, 0.2) is 18.2 Å². The molecule has 0 spiro atoms. The van der Waals surface area contributed by atoms with E-state index in [4.69, 9.17) is 10.00 Å². The van der Waals surface area contributed by atoms with Gasteiger partial charge in [0.25, 0.3) is 0 Å². The number of hydrogen-bond donors (Lipinski definition) is 0. The quantitative estimate of drug-likeness (QED) is 0.619. The van der Waals surface area contributed by atoms with E-state index in [1.54, 1.807) is 6.92 Å². The highest BCUT2D eigenvalue weighted by Crippen LogP contribution is 2.20. The van der Waals surface area contributed by atoms with Gasteiger partial charge in [-0.05, 0) is 24.5 Å². The third-order valence-electron chi connectivity index (χ3n) is 2.37. The zero-order valence-corrected chi connectivity index (χ0v) is 11.3. The molecule has 1 aromatic rings. The van der Waals surface area contributed by atoms with Crippen LogP contribution in [0.4, 0.5) is 0 Å². The molecule has 0 bridgehead atoms. The van der Waals surface area contributed by atoms with Crippen LogP contribution in [-0.2, 0) is 16.5 Å². The molecule has 0 atom stereocenters. The summed E-state index contributed by atoms with van der Waals surface area (Å²) >= 11 is 3.36. The number of carbonyl (C=O) groups is 1. The summed E-state index contributed by atoms with van der Waals surface area (Å²) in [5.74, 6) is -0.310. The second-order valence-electron chi connectivity index (χ2n) is 3.46. The predicted molar refractivity (Wildman–Crippen MR) is 69.0 cm³/mol. The van der Waals surface area contributed by atoms with Crippen LogP contribution >= 0.6 is 15.9 Å². The molecular weight excluding hydrogens is 282 g/mol. The third kappa shape index (κ3) is 3.57. The molecule has 90 valence electrons. The Balaban J connectivity index is 3.11. The summed E-state index contributed by atoms with van der Waals surface area (Å²) < 4.78 is 5.05. The average molecular weight is 296 g/mol. The lowest BCUT2D eigenvalue weighted by atomic mass is 9.98. The molecule has 4 heteroatoms. The van der Waals surface area contributed by atoms with Crippen LogP contribution in [0.3, 0.4) is 0 Å². The van der Waals surface area contributed by atoms with E-state index in [-0.39, 0.29) is 5.97 Å². The molecule has 0 aliphatic rings. The number of esters is 1. The van der Waals surface area contributed by atoms with E-state index in [1.807, 2.05) is 18.2 Å². The fraction of sp³-hybridized carbons (Fsp3) is 0.385. The number of carbonyl (C=O) groups excluding carboxylic acids is 1. The number of benzene rings is 1. The van der Waals surface area contributed by atoms with Crippen molar-refractivity contribution in [2.75, 3.05) is 6.61 Å². The third-order valence-corrected chi connectivity index (χ3v) is 2.97. The van der Waals surface area contributed by atoms with Gasteiger partial charge in [-0.25, -0.2) is 4.79 Å². The molecule has 0 heterocycles. The maximum Gasteiger partial charge on any atom is 0.338 e. The number of ether oxygens (including phenoxy) is 1. The van der Waals surface area contributed by atoms with Crippen molar-refractivity contribution in [3.05, 3.63) is 34.9 Å². The van der Waals surface area contributed by atoms with Gasteiger partial charge in [-0.15, -0.1) is 0 Å². The van der Waals surface area contributed by atoms with Gasteiger partial charge in [0.05, 0.1) is 18.2 Å². The molecule has 3 nitrogen and oxygen atoms in total. The zero-order chi connectivity index (χ0) is 12.7. The van der Waals surface area contributed by atoms with Gasteiger partial charge < -0.3 is 4.74 Å². The standard InChI is InChI=1S/C13H14BrNO2/c1-2-17-13(16)12-10(7-4-8-15)5-3-6-11(12)9-14/h3,5-6H,2,4,7,9H2,1H3. The van der Waals surface area contributed by atoms with Crippen molar-refractivity contribution in [2.45, 2.75) is 25.1 Å². The Morgan fingerprint density at radius 2 is 2.18 bits per heavy atom. The first kappa shape index (κ1) is 13.7. The van der Waals surface area contributed by atoms with Crippen molar-refractivity contribution in [3.63, 3.8) is 0 Å². The van der Waals surface area contributed by atoms with Crippen molar-refractivity contribution in [1.29, 1.82) is 5.26 Å². The van der Waals surface area contributed by atoms with E-state index >= 15 is 0 Å². The summed E-state index contributed by atoms with van der Waals surface area (Å²) in [6.45, 7) is 2.14. The molecule has 0 aliphatic carbocycles. The van der Waals surface area contributed by atoms with E-state index in [0.717, 1.165) is 11.1 Å². The predicted octanol–water partition coefficient (Wildman–Crippen LogP) is 3.21. The normalized spacial score (nSPS) is 9.71.